The number of hydrogen-bond acceptors (Lipinski definition) is 3. The second kappa shape index (κ2) is 8.75. The van der Waals surface area contributed by atoms with E-state index in [-0.39, 0.29) is 17.4 Å². The van der Waals surface area contributed by atoms with Crippen LogP contribution in [0.3, 0.4) is 0 Å². The van der Waals surface area contributed by atoms with Crippen molar-refractivity contribution in [1.29, 1.82) is 0 Å². The predicted octanol–water partition coefficient (Wildman–Crippen LogP) is 4.60. The summed E-state index contributed by atoms with van der Waals surface area (Å²) in [4.78, 5) is 14.9. The first-order chi connectivity index (χ1) is 13.0. The van der Waals surface area contributed by atoms with Crippen molar-refractivity contribution < 1.29 is 9.21 Å². The molecule has 1 unspecified atom stereocenters. The normalized spacial score (nSPS) is 16.4. The molecule has 146 valence electrons. The molecule has 0 radical (unpaired) electrons. The standard InChI is InChI=1S/C23H32N2O2/c1-18-8-10-19(11-9-18)23(2,3)13-12-22(26)24-17-20(21-7-6-16-27-21)25-14-4-5-15-25/h6-11,16,20H,4-5,12-15,17H2,1-3H3,(H,24,26). The van der Waals surface area contributed by atoms with Crippen molar-refractivity contribution in [2.75, 3.05) is 19.6 Å². The molecule has 1 aliphatic heterocycles. The van der Waals surface area contributed by atoms with Gasteiger partial charge in [0.1, 0.15) is 5.76 Å². The number of carbonyl (C=O) groups is 1. The van der Waals surface area contributed by atoms with Gasteiger partial charge in [0, 0.05) is 13.0 Å². The zero-order valence-corrected chi connectivity index (χ0v) is 16.8. The highest BCUT2D eigenvalue weighted by atomic mass is 16.3. The maximum atomic E-state index is 12.5. The number of carbonyl (C=O) groups excluding carboxylic acids is 1. The first kappa shape index (κ1) is 19.7. The van der Waals surface area contributed by atoms with Gasteiger partial charge in [-0.25, -0.2) is 0 Å². The van der Waals surface area contributed by atoms with Crippen molar-refractivity contribution in [3.05, 3.63) is 59.5 Å². The topological polar surface area (TPSA) is 45.5 Å². The Bertz CT molecular complexity index is 713. The molecule has 0 aliphatic carbocycles. The van der Waals surface area contributed by atoms with Crippen LogP contribution in [0.15, 0.2) is 47.1 Å². The zero-order chi connectivity index (χ0) is 19.3. The van der Waals surface area contributed by atoms with Gasteiger partial charge in [0.15, 0.2) is 0 Å². The number of aryl methyl sites for hydroxylation is 1. The van der Waals surface area contributed by atoms with Crippen molar-refractivity contribution in [2.45, 2.75) is 57.9 Å². The third kappa shape index (κ3) is 5.23. The molecular formula is C23H32N2O2. The number of furan rings is 1. The Morgan fingerprint density at radius 3 is 2.52 bits per heavy atom. The molecular weight excluding hydrogens is 336 g/mol. The largest absolute Gasteiger partial charge is 0.468 e. The van der Waals surface area contributed by atoms with E-state index in [9.17, 15) is 4.79 Å². The molecule has 1 N–H and O–H groups in total. The van der Waals surface area contributed by atoms with E-state index in [2.05, 4.69) is 55.3 Å². The summed E-state index contributed by atoms with van der Waals surface area (Å²) in [6.07, 6.45) is 5.51. The van der Waals surface area contributed by atoms with E-state index in [4.69, 9.17) is 4.42 Å². The summed E-state index contributed by atoms with van der Waals surface area (Å²) in [7, 11) is 0. The third-order valence-electron chi connectivity index (χ3n) is 5.76. The molecule has 1 aromatic heterocycles. The van der Waals surface area contributed by atoms with Crippen LogP contribution >= 0.6 is 0 Å². The van der Waals surface area contributed by atoms with E-state index in [0.29, 0.717) is 13.0 Å². The van der Waals surface area contributed by atoms with Crippen molar-refractivity contribution in [1.82, 2.24) is 10.2 Å². The number of nitrogens with zero attached hydrogens (tertiary/aromatic N) is 1. The molecule has 1 aliphatic rings. The van der Waals surface area contributed by atoms with Gasteiger partial charge in [-0.1, -0.05) is 43.7 Å². The molecule has 2 heterocycles. The fourth-order valence-electron chi connectivity index (χ4n) is 3.82. The van der Waals surface area contributed by atoms with Gasteiger partial charge in [0.25, 0.3) is 0 Å². The van der Waals surface area contributed by atoms with Crippen LogP contribution in [0.5, 0.6) is 0 Å². The lowest BCUT2D eigenvalue weighted by Crippen LogP contribution is -2.37. The first-order valence-corrected chi connectivity index (χ1v) is 10.1. The highest BCUT2D eigenvalue weighted by Crippen LogP contribution is 2.29. The number of benzene rings is 1. The highest BCUT2D eigenvalue weighted by Gasteiger charge is 2.26. The lowest BCUT2D eigenvalue weighted by molar-refractivity contribution is -0.121. The molecule has 0 bridgehead atoms. The molecule has 27 heavy (non-hydrogen) atoms. The minimum absolute atomic E-state index is 0.0135. The zero-order valence-electron chi connectivity index (χ0n) is 16.8. The Hall–Kier alpha value is -2.07. The summed E-state index contributed by atoms with van der Waals surface area (Å²) in [5, 5.41) is 3.14. The van der Waals surface area contributed by atoms with Crippen molar-refractivity contribution in [3.8, 4) is 0 Å². The van der Waals surface area contributed by atoms with Gasteiger partial charge < -0.3 is 9.73 Å². The number of rotatable bonds is 8. The SMILES string of the molecule is Cc1ccc(C(C)(C)CCC(=O)NCC(c2ccco2)N2CCCC2)cc1. The van der Waals surface area contributed by atoms with Gasteiger partial charge in [0.05, 0.1) is 12.3 Å². The number of hydrogen-bond donors (Lipinski definition) is 1. The van der Waals surface area contributed by atoms with E-state index < -0.39 is 0 Å². The van der Waals surface area contributed by atoms with E-state index in [0.717, 1.165) is 25.3 Å². The molecule has 1 amide bonds. The molecule has 0 spiro atoms. The molecule has 1 atom stereocenters. The van der Waals surface area contributed by atoms with Crippen LogP contribution in [0.25, 0.3) is 0 Å². The Morgan fingerprint density at radius 2 is 1.89 bits per heavy atom. The van der Waals surface area contributed by atoms with E-state index in [1.807, 2.05) is 12.1 Å². The van der Waals surface area contributed by atoms with Crippen LogP contribution in [-0.2, 0) is 10.2 Å². The number of amides is 1. The average Bonchev–Trinajstić information content (AvgIpc) is 3.35. The van der Waals surface area contributed by atoms with Crippen LogP contribution < -0.4 is 5.32 Å². The van der Waals surface area contributed by atoms with E-state index >= 15 is 0 Å². The number of nitrogens with one attached hydrogen (secondary N) is 1. The summed E-state index contributed by atoms with van der Waals surface area (Å²) >= 11 is 0. The maximum Gasteiger partial charge on any atom is 0.220 e. The Labute approximate surface area is 162 Å². The second-order valence-corrected chi connectivity index (χ2v) is 8.33. The second-order valence-electron chi connectivity index (χ2n) is 8.33. The predicted molar refractivity (Wildman–Crippen MR) is 109 cm³/mol. The van der Waals surface area contributed by atoms with Gasteiger partial charge in [-0.15, -0.1) is 0 Å². The highest BCUT2D eigenvalue weighted by molar-refractivity contribution is 5.76. The van der Waals surface area contributed by atoms with Crippen LogP contribution in [0.2, 0.25) is 0 Å². The molecule has 3 rings (SSSR count). The summed E-state index contributed by atoms with van der Waals surface area (Å²) in [6, 6.07) is 12.7. The Balaban J connectivity index is 1.52. The van der Waals surface area contributed by atoms with Gasteiger partial charge >= 0.3 is 0 Å². The molecule has 1 fully saturated rings. The van der Waals surface area contributed by atoms with Crippen LogP contribution in [0.1, 0.15) is 62.5 Å². The minimum atomic E-state index is -0.0135. The van der Waals surface area contributed by atoms with Crippen LogP contribution in [0, 0.1) is 6.92 Å². The van der Waals surface area contributed by atoms with Gasteiger partial charge in [-0.2, -0.15) is 0 Å². The van der Waals surface area contributed by atoms with Crippen molar-refractivity contribution >= 4 is 5.91 Å². The minimum Gasteiger partial charge on any atom is -0.468 e. The summed E-state index contributed by atoms with van der Waals surface area (Å²) in [5.41, 5.74) is 2.53. The Kier molecular flexibility index (Phi) is 6.38. The van der Waals surface area contributed by atoms with Crippen LogP contribution in [-0.4, -0.2) is 30.4 Å². The fourth-order valence-corrected chi connectivity index (χ4v) is 3.82. The summed E-state index contributed by atoms with van der Waals surface area (Å²) < 4.78 is 5.63. The van der Waals surface area contributed by atoms with Gasteiger partial charge in [-0.05, 0) is 62.4 Å². The van der Waals surface area contributed by atoms with E-state index in [1.165, 1.54) is 24.0 Å². The molecule has 0 saturated carbocycles. The first-order valence-electron chi connectivity index (χ1n) is 10.1. The lowest BCUT2D eigenvalue weighted by atomic mass is 9.80. The number of likely N-dealkylation sites (tertiary alicyclic amines) is 1. The fraction of sp³-hybridized carbons (Fsp3) is 0.522. The molecule has 1 aromatic carbocycles. The molecule has 4 nitrogen and oxygen atoms in total. The van der Waals surface area contributed by atoms with Crippen LogP contribution in [0.4, 0.5) is 0 Å². The van der Waals surface area contributed by atoms with Crippen molar-refractivity contribution in [3.63, 3.8) is 0 Å². The quantitative estimate of drug-likeness (QED) is 0.741. The summed E-state index contributed by atoms with van der Waals surface area (Å²) in [5.74, 6) is 1.06. The maximum absolute atomic E-state index is 12.5. The monoisotopic (exact) mass is 368 g/mol. The molecule has 2 aromatic rings. The van der Waals surface area contributed by atoms with Gasteiger partial charge in [-0.3, -0.25) is 9.69 Å². The average molecular weight is 369 g/mol. The Morgan fingerprint density at radius 1 is 1.19 bits per heavy atom. The molecule has 4 heteroatoms. The smallest absolute Gasteiger partial charge is 0.220 e. The molecule has 1 saturated heterocycles. The van der Waals surface area contributed by atoms with Gasteiger partial charge in [0.2, 0.25) is 5.91 Å². The van der Waals surface area contributed by atoms with E-state index in [1.54, 1.807) is 6.26 Å². The summed E-state index contributed by atoms with van der Waals surface area (Å²) in [6.45, 7) is 9.27. The third-order valence-corrected chi connectivity index (χ3v) is 5.76. The van der Waals surface area contributed by atoms with Crippen molar-refractivity contribution in [2.24, 2.45) is 0 Å². The lowest BCUT2D eigenvalue weighted by Gasteiger charge is -2.27.